The quantitative estimate of drug-likeness (QED) is 0.806. The molecule has 0 spiro atoms. The van der Waals surface area contributed by atoms with E-state index in [0.717, 1.165) is 12.1 Å². The van der Waals surface area contributed by atoms with Gasteiger partial charge in [0.1, 0.15) is 23.5 Å². The van der Waals surface area contributed by atoms with Gasteiger partial charge in [-0.05, 0) is 24.1 Å². The summed E-state index contributed by atoms with van der Waals surface area (Å²) >= 11 is 0. The molecule has 1 N–H and O–H groups in total. The molecule has 3 rings (SSSR count). The SMILES string of the molecule is CC(C)C(N=C1NS(=O)(=O)c2ccccc21)C(=O)N(C)Cc1ccc(F)cc1F. The minimum absolute atomic E-state index is 0.0681. The van der Waals surface area contributed by atoms with E-state index in [-0.39, 0.29) is 28.8 Å². The highest BCUT2D eigenvalue weighted by Gasteiger charge is 2.33. The molecule has 1 aliphatic heterocycles. The molecule has 1 unspecified atom stereocenters. The van der Waals surface area contributed by atoms with Crippen LogP contribution in [-0.2, 0) is 21.4 Å². The molecule has 9 heteroatoms. The van der Waals surface area contributed by atoms with Crippen molar-refractivity contribution in [3.63, 3.8) is 0 Å². The number of benzene rings is 2. The molecule has 154 valence electrons. The van der Waals surface area contributed by atoms with Crippen LogP contribution in [0.4, 0.5) is 8.78 Å². The average molecular weight is 421 g/mol. The molecule has 0 fully saturated rings. The van der Waals surface area contributed by atoms with Crippen LogP contribution in [0.1, 0.15) is 25.0 Å². The van der Waals surface area contributed by atoms with E-state index >= 15 is 0 Å². The van der Waals surface area contributed by atoms with Crippen molar-refractivity contribution in [1.29, 1.82) is 0 Å². The summed E-state index contributed by atoms with van der Waals surface area (Å²) in [6.07, 6.45) is 0. The fourth-order valence-electron chi connectivity index (χ4n) is 3.07. The maximum atomic E-state index is 13.9. The second kappa shape index (κ2) is 7.90. The molecule has 6 nitrogen and oxygen atoms in total. The maximum absolute atomic E-state index is 13.9. The Balaban J connectivity index is 1.88. The topological polar surface area (TPSA) is 78.8 Å². The fourth-order valence-corrected chi connectivity index (χ4v) is 4.31. The lowest BCUT2D eigenvalue weighted by Gasteiger charge is -2.24. The number of aliphatic imine (C=N–C) groups is 1. The van der Waals surface area contributed by atoms with E-state index < -0.39 is 33.6 Å². The van der Waals surface area contributed by atoms with Crippen LogP contribution in [-0.4, -0.2) is 38.2 Å². The Morgan fingerprint density at radius 3 is 2.52 bits per heavy atom. The molecular weight excluding hydrogens is 400 g/mol. The summed E-state index contributed by atoms with van der Waals surface area (Å²) < 4.78 is 53.9. The van der Waals surface area contributed by atoms with E-state index in [2.05, 4.69) is 9.71 Å². The third-order valence-corrected chi connectivity index (χ3v) is 6.01. The third kappa shape index (κ3) is 4.29. The second-order valence-corrected chi connectivity index (χ2v) is 8.85. The van der Waals surface area contributed by atoms with Crippen LogP contribution in [0.2, 0.25) is 0 Å². The van der Waals surface area contributed by atoms with Crippen LogP contribution in [0.15, 0.2) is 52.4 Å². The number of likely N-dealkylation sites (N-methyl/N-ethyl adjacent to an activating group) is 1. The molecule has 0 aromatic heterocycles. The highest BCUT2D eigenvalue weighted by atomic mass is 32.2. The van der Waals surface area contributed by atoms with Crippen molar-refractivity contribution in [3.8, 4) is 0 Å². The molecule has 1 amide bonds. The second-order valence-electron chi connectivity index (χ2n) is 7.20. The molecule has 0 radical (unpaired) electrons. The smallest absolute Gasteiger partial charge is 0.263 e. The van der Waals surface area contributed by atoms with Gasteiger partial charge in [-0.15, -0.1) is 0 Å². The Hall–Kier alpha value is -2.81. The lowest BCUT2D eigenvalue weighted by Crippen LogP contribution is -2.39. The van der Waals surface area contributed by atoms with Gasteiger partial charge in [0.05, 0.1) is 4.90 Å². The number of carbonyl (C=O) groups excluding carboxylic acids is 1. The summed E-state index contributed by atoms with van der Waals surface area (Å²) in [6.45, 7) is 3.50. The van der Waals surface area contributed by atoms with Crippen LogP contribution >= 0.6 is 0 Å². The van der Waals surface area contributed by atoms with Crippen molar-refractivity contribution < 1.29 is 22.0 Å². The van der Waals surface area contributed by atoms with Gasteiger partial charge in [-0.25, -0.2) is 17.2 Å². The number of hydrogen-bond donors (Lipinski definition) is 1. The molecule has 1 aliphatic rings. The van der Waals surface area contributed by atoms with Gasteiger partial charge >= 0.3 is 0 Å². The highest BCUT2D eigenvalue weighted by Crippen LogP contribution is 2.24. The number of fused-ring (bicyclic) bond motifs is 1. The molecular formula is C20H21F2N3O3S. The first-order valence-electron chi connectivity index (χ1n) is 8.99. The minimum atomic E-state index is -3.72. The van der Waals surface area contributed by atoms with Crippen LogP contribution in [0, 0.1) is 17.6 Å². The van der Waals surface area contributed by atoms with Crippen molar-refractivity contribution in [1.82, 2.24) is 9.62 Å². The third-order valence-electron chi connectivity index (χ3n) is 4.61. The van der Waals surface area contributed by atoms with E-state index in [4.69, 9.17) is 0 Å². The number of rotatable bonds is 5. The number of nitrogens with zero attached hydrogens (tertiary/aromatic N) is 2. The van der Waals surface area contributed by atoms with Crippen molar-refractivity contribution >= 4 is 21.8 Å². The van der Waals surface area contributed by atoms with Crippen LogP contribution in [0.5, 0.6) is 0 Å². The number of sulfonamides is 1. The van der Waals surface area contributed by atoms with E-state index in [1.165, 1.54) is 24.1 Å². The van der Waals surface area contributed by atoms with Crippen molar-refractivity contribution in [2.45, 2.75) is 31.3 Å². The lowest BCUT2D eigenvalue weighted by molar-refractivity contribution is -0.132. The predicted octanol–water partition coefficient (Wildman–Crippen LogP) is 2.69. The number of amidine groups is 1. The van der Waals surface area contributed by atoms with Gasteiger partial charge in [0.15, 0.2) is 0 Å². The summed E-state index contributed by atoms with van der Waals surface area (Å²) in [4.78, 5) is 18.8. The van der Waals surface area contributed by atoms with Gasteiger partial charge in [-0.2, -0.15) is 0 Å². The molecule has 0 bridgehead atoms. The maximum Gasteiger partial charge on any atom is 0.263 e. The average Bonchev–Trinajstić information content (AvgIpc) is 2.92. The molecule has 2 aromatic rings. The summed E-state index contributed by atoms with van der Waals surface area (Å²) in [7, 11) is -2.23. The Bertz CT molecular complexity index is 1080. The van der Waals surface area contributed by atoms with Crippen molar-refractivity contribution in [2.24, 2.45) is 10.9 Å². The molecule has 29 heavy (non-hydrogen) atoms. The van der Waals surface area contributed by atoms with Crippen LogP contribution < -0.4 is 4.72 Å². The summed E-state index contributed by atoms with van der Waals surface area (Å²) in [5.41, 5.74) is 0.572. The van der Waals surface area contributed by atoms with Gasteiger partial charge in [-0.1, -0.05) is 32.0 Å². The first-order valence-corrected chi connectivity index (χ1v) is 10.5. The number of amides is 1. The first kappa shape index (κ1) is 20.9. The highest BCUT2D eigenvalue weighted by molar-refractivity contribution is 7.90. The largest absolute Gasteiger partial charge is 0.339 e. The monoisotopic (exact) mass is 421 g/mol. The summed E-state index contributed by atoms with van der Waals surface area (Å²) in [6, 6.07) is 8.67. The van der Waals surface area contributed by atoms with Gasteiger partial charge < -0.3 is 4.90 Å². The molecule has 0 saturated heterocycles. The summed E-state index contributed by atoms with van der Waals surface area (Å²) in [5.74, 6) is -1.98. The fraction of sp³-hybridized carbons (Fsp3) is 0.300. The van der Waals surface area contributed by atoms with Gasteiger partial charge in [0, 0.05) is 30.8 Å². The van der Waals surface area contributed by atoms with Gasteiger partial charge in [0.25, 0.3) is 10.0 Å². The van der Waals surface area contributed by atoms with Crippen LogP contribution in [0.25, 0.3) is 0 Å². The Morgan fingerprint density at radius 1 is 1.17 bits per heavy atom. The number of hydrogen-bond acceptors (Lipinski definition) is 4. The zero-order valence-corrected chi connectivity index (χ0v) is 17.0. The van der Waals surface area contributed by atoms with E-state index in [1.807, 2.05) is 0 Å². The molecule has 0 aliphatic carbocycles. The molecule has 1 heterocycles. The van der Waals surface area contributed by atoms with Crippen molar-refractivity contribution in [3.05, 3.63) is 65.2 Å². The number of nitrogens with one attached hydrogen (secondary N) is 1. The standard InChI is InChI=1S/C20H21F2N3O3S/c1-12(2)18(20(26)25(3)11-13-8-9-14(21)10-16(13)22)23-19-15-6-4-5-7-17(15)29(27,28)24-19/h4-10,12,18H,11H2,1-3H3,(H,23,24). The van der Waals surface area contributed by atoms with E-state index in [0.29, 0.717) is 5.56 Å². The normalized spacial score (nSPS) is 17.1. The first-order chi connectivity index (χ1) is 13.6. The van der Waals surface area contributed by atoms with E-state index in [9.17, 15) is 22.0 Å². The molecule has 2 aromatic carbocycles. The number of carbonyl (C=O) groups is 1. The van der Waals surface area contributed by atoms with Crippen molar-refractivity contribution in [2.75, 3.05) is 7.05 Å². The minimum Gasteiger partial charge on any atom is -0.339 e. The molecule has 0 saturated carbocycles. The zero-order chi connectivity index (χ0) is 21.3. The van der Waals surface area contributed by atoms with Gasteiger partial charge in [-0.3, -0.25) is 14.5 Å². The lowest BCUT2D eigenvalue weighted by atomic mass is 10.0. The Labute approximate surface area is 168 Å². The van der Waals surface area contributed by atoms with E-state index in [1.54, 1.807) is 32.0 Å². The predicted molar refractivity (Wildman–Crippen MR) is 105 cm³/mol. The summed E-state index contributed by atoms with van der Waals surface area (Å²) in [5, 5.41) is 0. The van der Waals surface area contributed by atoms with Gasteiger partial charge in [0.2, 0.25) is 5.91 Å². The Kier molecular flexibility index (Phi) is 5.70. The zero-order valence-electron chi connectivity index (χ0n) is 16.2. The van der Waals surface area contributed by atoms with Crippen LogP contribution in [0.3, 0.4) is 0 Å². The number of halogens is 2. The molecule has 1 atom stereocenters. The Morgan fingerprint density at radius 2 is 1.86 bits per heavy atom.